The Hall–Kier alpha value is -4.04. The quantitative estimate of drug-likeness (QED) is 0.157. The Morgan fingerprint density at radius 3 is 1.19 bits per heavy atom. The molecule has 0 amide bonds. The lowest BCUT2D eigenvalue weighted by molar-refractivity contribution is 0.0299. The van der Waals surface area contributed by atoms with Gasteiger partial charge in [0.15, 0.2) is 0 Å². The Kier molecular flexibility index (Phi) is 12.0. The Bertz CT molecular complexity index is 2640. The van der Waals surface area contributed by atoms with Crippen molar-refractivity contribution in [3.63, 3.8) is 0 Å². The second-order valence-corrected chi connectivity index (χ2v) is 22.0. The van der Waals surface area contributed by atoms with Crippen molar-refractivity contribution in [1.82, 2.24) is 19.4 Å². The van der Waals surface area contributed by atoms with E-state index in [9.17, 15) is 25.6 Å². The normalized spacial score (nSPS) is 26.1. The zero-order valence-corrected chi connectivity index (χ0v) is 37.2. The van der Waals surface area contributed by atoms with Crippen LogP contribution in [0.25, 0.3) is 21.8 Å². The van der Waals surface area contributed by atoms with Crippen molar-refractivity contribution in [2.75, 3.05) is 0 Å². The smallest absolute Gasteiger partial charge is 0.240 e. The summed E-state index contributed by atoms with van der Waals surface area (Å²) in [4.78, 5) is 9.23. The van der Waals surface area contributed by atoms with Gasteiger partial charge < -0.3 is 0 Å². The van der Waals surface area contributed by atoms with Gasteiger partial charge in [0.1, 0.15) is 11.6 Å². The molecule has 2 atom stereocenters. The number of hydrogen-bond acceptors (Lipinski definition) is 6. The number of hydrogen-bond donors (Lipinski definition) is 2. The number of fused-ring (bicyclic) bond motifs is 2. The largest absolute Gasteiger partial charge is 0.256 e. The number of sulfonamides is 2. The lowest BCUT2D eigenvalue weighted by atomic mass is 9.55. The van der Waals surface area contributed by atoms with E-state index in [0.717, 1.165) is 110 Å². The first-order valence-electron chi connectivity index (χ1n) is 21.4. The highest BCUT2D eigenvalue weighted by atomic mass is 35.5. The highest BCUT2D eigenvalue weighted by molar-refractivity contribution is 7.89. The van der Waals surface area contributed by atoms with Crippen LogP contribution in [-0.2, 0) is 20.0 Å². The first kappa shape index (κ1) is 43.2. The third kappa shape index (κ3) is 8.63. The summed E-state index contributed by atoms with van der Waals surface area (Å²) >= 11 is 11.8. The molecule has 4 fully saturated rings. The van der Waals surface area contributed by atoms with Crippen LogP contribution in [0.15, 0.2) is 119 Å². The van der Waals surface area contributed by atoms with Gasteiger partial charge in [-0.3, -0.25) is 9.97 Å². The van der Waals surface area contributed by atoms with E-state index in [1.165, 1.54) is 12.1 Å². The van der Waals surface area contributed by atoms with Gasteiger partial charge in [-0.1, -0.05) is 23.2 Å². The summed E-state index contributed by atoms with van der Waals surface area (Å²) in [5.41, 5.74) is 3.97. The van der Waals surface area contributed by atoms with Crippen LogP contribution in [0.5, 0.6) is 0 Å². The molecule has 2 spiro atoms. The predicted octanol–water partition coefficient (Wildman–Crippen LogP) is 11.6. The average molecular weight is 918 g/mol. The van der Waals surface area contributed by atoms with E-state index < -0.39 is 20.0 Å². The Labute approximate surface area is 372 Å². The lowest BCUT2D eigenvalue weighted by Gasteiger charge is -2.53. The molecule has 2 N–H and O–H groups in total. The fraction of sp³-hybridized carbons (Fsp3) is 0.375. The zero-order chi connectivity index (χ0) is 43.3. The molecule has 0 radical (unpaired) electrons. The van der Waals surface area contributed by atoms with Crippen LogP contribution >= 0.6 is 23.2 Å². The number of benzene rings is 4. The molecular weight excluding hydrogens is 870 g/mol. The molecule has 62 heavy (non-hydrogen) atoms. The van der Waals surface area contributed by atoms with Crippen molar-refractivity contribution >= 4 is 65.1 Å². The van der Waals surface area contributed by atoms with Crippen LogP contribution < -0.4 is 9.44 Å². The van der Waals surface area contributed by atoms with Gasteiger partial charge in [-0.15, -0.1) is 0 Å². The molecule has 14 heteroatoms. The Balaban J connectivity index is 0.000000158. The SMILES string of the molecule is O=S(=O)(NC1CCC12CCC(c1ccnc3ccc(F)cc13)CC2)c1ccc(Cl)cc1.O=S(=O)(NC1CCC12CCC(c1ccnc3ccc(F)cc13)CC2)c1ccc(Cl)cc1. The van der Waals surface area contributed by atoms with Gasteiger partial charge in [-0.05, 0) is 208 Å². The van der Waals surface area contributed by atoms with Crippen LogP contribution in [0.1, 0.15) is 100 Å². The summed E-state index contributed by atoms with van der Waals surface area (Å²) in [6.45, 7) is 0. The maximum absolute atomic E-state index is 13.8. The van der Waals surface area contributed by atoms with Gasteiger partial charge in [0.25, 0.3) is 0 Å². The van der Waals surface area contributed by atoms with E-state index in [0.29, 0.717) is 21.9 Å². The minimum atomic E-state index is -3.57. The van der Waals surface area contributed by atoms with Gasteiger partial charge in [0.2, 0.25) is 20.0 Å². The van der Waals surface area contributed by atoms with E-state index in [1.54, 1.807) is 85.2 Å². The highest BCUT2D eigenvalue weighted by Gasteiger charge is 2.51. The van der Waals surface area contributed by atoms with Gasteiger partial charge in [-0.2, -0.15) is 0 Å². The van der Waals surface area contributed by atoms with Crippen molar-refractivity contribution in [2.24, 2.45) is 10.8 Å². The van der Waals surface area contributed by atoms with E-state index in [1.807, 2.05) is 12.1 Å². The zero-order valence-electron chi connectivity index (χ0n) is 34.0. The number of nitrogens with one attached hydrogen (secondary N) is 2. The number of rotatable bonds is 8. The average Bonchev–Trinajstić information content (AvgIpc) is 3.27. The van der Waals surface area contributed by atoms with Crippen molar-refractivity contribution in [1.29, 1.82) is 0 Å². The molecule has 4 aliphatic rings. The fourth-order valence-corrected chi connectivity index (χ4v) is 13.7. The molecular formula is C48H48Cl2F2N4O4S2. The lowest BCUT2D eigenvalue weighted by Crippen LogP contribution is -2.56. The molecule has 324 valence electrons. The molecule has 10 rings (SSSR count). The monoisotopic (exact) mass is 916 g/mol. The number of halogens is 4. The molecule has 4 aromatic carbocycles. The fourth-order valence-electron chi connectivity index (χ4n) is 10.7. The molecule has 2 unspecified atom stereocenters. The van der Waals surface area contributed by atoms with Crippen LogP contribution in [0.2, 0.25) is 10.0 Å². The molecule has 0 aliphatic heterocycles. The van der Waals surface area contributed by atoms with Gasteiger partial charge in [0.05, 0.1) is 20.8 Å². The summed E-state index contributed by atoms with van der Waals surface area (Å²) in [7, 11) is -7.14. The summed E-state index contributed by atoms with van der Waals surface area (Å²) in [5.74, 6) is 0.188. The minimum absolute atomic E-state index is 0.0179. The predicted molar refractivity (Wildman–Crippen MR) is 240 cm³/mol. The van der Waals surface area contributed by atoms with Crippen molar-refractivity contribution < 1.29 is 25.6 Å². The van der Waals surface area contributed by atoms with Crippen LogP contribution in [-0.4, -0.2) is 38.9 Å². The van der Waals surface area contributed by atoms with Crippen molar-refractivity contribution in [2.45, 2.75) is 111 Å². The Morgan fingerprint density at radius 2 is 0.855 bits per heavy atom. The van der Waals surface area contributed by atoms with E-state index in [-0.39, 0.29) is 44.3 Å². The first-order valence-corrected chi connectivity index (χ1v) is 25.1. The highest BCUT2D eigenvalue weighted by Crippen LogP contribution is 2.56. The summed E-state index contributed by atoms with van der Waals surface area (Å²) in [6, 6.07) is 26.0. The molecule has 2 heterocycles. The van der Waals surface area contributed by atoms with Crippen LogP contribution in [0, 0.1) is 22.5 Å². The molecule has 2 aromatic heterocycles. The maximum atomic E-state index is 13.8. The van der Waals surface area contributed by atoms with E-state index in [2.05, 4.69) is 19.4 Å². The molecule has 4 saturated carbocycles. The minimum Gasteiger partial charge on any atom is -0.256 e. The maximum Gasteiger partial charge on any atom is 0.240 e. The second-order valence-electron chi connectivity index (χ2n) is 17.7. The first-order chi connectivity index (χ1) is 29.7. The van der Waals surface area contributed by atoms with Crippen molar-refractivity contribution in [3.8, 4) is 0 Å². The van der Waals surface area contributed by atoms with Gasteiger partial charge >= 0.3 is 0 Å². The second kappa shape index (κ2) is 17.2. The summed E-state index contributed by atoms with van der Waals surface area (Å²) < 4.78 is 84.9. The topological polar surface area (TPSA) is 118 Å². The number of pyridine rings is 2. The third-order valence-electron chi connectivity index (χ3n) is 14.5. The van der Waals surface area contributed by atoms with Crippen molar-refractivity contribution in [3.05, 3.63) is 142 Å². The van der Waals surface area contributed by atoms with Crippen LogP contribution in [0.4, 0.5) is 8.78 Å². The Morgan fingerprint density at radius 1 is 0.500 bits per heavy atom. The van der Waals surface area contributed by atoms with E-state index >= 15 is 0 Å². The van der Waals surface area contributed by atoms with Gasteiger partial charge in [0, 0.05) is 45.3 Å². The standard InChI is InChI=1S/2C24H24ClFN2O2S/c2*25-17-1-4-19(5-2-17)31(29,30)28-23-9-13-24(23)11-7-16(8-12-24)20-10-14-27-22-6-3-18(26)15-21(20)22/h2*1-6,10,14-16,23,28H,7-9,11-13H2. The van der Waals surface area contributed by atoms with Gasteiger partial charge in [-0.25, -0.2) is 35.1 Å². The summed E-state index contributed by atoms with van der Waals surface area (Å²) in [6.07, 6.45) is 15.1. The molecule has 0 bridgehead atoms. The number of aromatic nitrogens is 2. The van der Waals surface area contributed by atoms with Crippen LogP contribution in [0.3, 0.4) is 0 Å². The summed E-state index contributed by atoms with van der Waals surface area (Å²) in [5, 5.41) is 2.80. The molecule has 6 aromatic rings. The number of nitrogens with zero attached hydrogens (tertiary/aromatic N) is 2. The molecule has 8 nitrogen and oxygen atoms in total. The van der Waals surface area contributed by atoms with E-state index in [4.69, 9.17) is 23.2 Å². The molecule has 4 aliphatic carbocycles. The third-order valence-corrected chi connectivity index (χ3v) is 18.0. The molecule has 0 saturated heterocycles.